The van der Waals surface area contributed by atoms with Gasteiger partial charge in [0.05, 0.1) is 0 Å². The summed E-state index contributed by atoms with van der Waals surface area (Å²) in [5.74, 6) is 0.775. The van der Waals surface area contributed by atoms with Crippen LogP contribution in [0.5, 0.6) is 0 Å². The molecule has 0 bridgehead atoms. The lowest BCUT2D eigenvalue weighted by atomic mass is 9.98. The van der Waals surface area contributed by atoms with E-state index in [-0.39, 0.29) is 0 Å². The van der Waals surface area contributed by atoms with Gasteiger partial charge in [-0.1, -0.05) is 44.5 Å². The van der Waals surface area contributed by atoms with Crippen LogP contribution in [0.3, 0.4) is 0 Å². The van der Waals surface area contributed by atoms with Gasteiger partial charge in [0.1, 0.15) is 0 Å². The molecule has 0 amide bonds. The van der Waals surface area contributed by atoms with Crippen molar-refractivity contribution in [1.82, 2.24) is 5.32 Å². The van der Waals surface area contributed by atoms with Crippen LogP contribution in [0.1, 0.15) is 39.2 Å². The topological polar surface area (TPSA) is 12.0 Å². The van der Waals surface area contributed by atoms with E-state index in [0.29, 0.717) is 6.04 Å². The van der Waals surface area contributed by atoms with Crippen molar-refractivity contribution in [2.45, 2.75) is 46.1 Å². The van der Waals surface area contributed by atoms with E-state index in [0.717, 1.165) is 23.9 Å². The second-order valence-corrected chi connectivity index (χ2v) is 5.60. The maximum Gasteiger partial charge on any atom is 0.0406 e. The SMILES string of the molecule is CC(CCNC(C)C)CCc1ccc(Cl)cc1. The van der Waals surface area contributed by atoms with Gasteiger partial charge in [0.2, 0.25) is 0 Å². The first-order chi connectivity index (χ1) is 8.08. The summed E-state index contributed by atoms with van der Waals surface area (Å²) in [6.45, 7) is 7.84. The zero-order valence-corrected chi connectivity index (χ0v) is 11.9. The number of hydrogen-bond donors (Lipinski definition) is 1. The Bertz CT molecular complexity index is 305. The molecule has 0 aliphatic heterocycles. The van der Waals surface area contributed by atoms with Gasteiger partial charge < -0.3 is 5.32 Å². The summed E-state index contributed by atoms with van der Waals surface area (Å²) in [7, 11) is 0. The number of nitrogens with one attached hydrogen (secondary N) is 1. The van der Waals surface area contributed by atoms with E-state index in [1.54, 1.807) is 0 Å². The number of rotatable bonds is 7. The highest BCUT2D eigenvalue weighted by atomic mass is 35.5. The minimum Gasteiger partial charge on any atom is -0.315 e. The minimum absolute atomic E-state index is 0.596. The maximum atomic E-state index is 5.86. The standard InChI is InChI=1S/C15H24ClN/c1-12(2)17-11-10-13(3)4-5-14-6-8-15(16)9-7-14/h6-9,12-13,17H,4-5,10-11H2,1-3H3. The predicted octanol–water partition coefficient (Wildman–Crippen LogP) is 4.30. The molecule has 0 radical (unpaired) electrons. The monoisotopic (exact) mass is 253 g/mol. The molecule has 96 valence electrons. The predicted molar refractivity (Wildman–Crippen MR) is 76.7 cm³/mol. The molecule has 1 aromatic carbocycles. The first kappa shape index (κ1) is 14.5. The van der Waals surface area contributed by atoms with Crippen LogP contribution in [0.25, 0.3) is 0 Å². The quantitative estimate of drug-likeness (QED) is 0.764. The van der Waals surface area contributed by atoms with Crippen LogP contribution in [-0.2, 0) is 6.42 Å². The van der Waals surface area contributed by atoms with E-state index in [1.165, 1.54) is 18.4 Å². The summed E-state index contributed by atoms with van der Waals surface area (Å²) in [6.07, 6.45) is 3.66. The molecular weight excluding hydrogens is 230 g/mol. The van der Waals surface area contributed by atoms with Crippen molar-refractivity contribution in [3.63, 3.8) is 0 Å². The first-order valence-corrected chi connectivity index (χ1v) is 6.93. The average molecular weight is 254 g/mol. The number of halogens is 1. The Morgan fingerprint density at radius 2 is 1.71 bits per heavy atom. The summed E-state index contributed by atoms with van der Waals surface area (Å²) in [5.41, 5.74) is 1.39. The summed E-state index contributed by atoms with van der Waals surface area (Å²) >= 11 is 5.86. The van der Waals surface area contributed by atoms with Gasteiger partial charge in [-0.2, -0.15) is 0 Å². The van der Waals surface area contributed by atoms with Crippen molar-refractivity contribution >= 4 is 11.6 Å². The summed E-state index contributed by atoms with van der Waals surface area (Å²) in [4.78, 5) is 0. The van der Waals surface area contributed by atoms with Gasteiger partial charge in [-0.15, -0.1) is 0 Å². The molecule has 17 heavy (non-hydrogen) atoms. The average Bonchev–Trinajstić information content (AvgIpc) is 2.28. The molecular formula is C15H24ClN. The Morgan fingerprint density at radius 3 is 2.29 bits per heavy atom. The summed E-state index contributed by atoms with van der Waals surface area (Å²) in [6, 6.07) is 8.80. The molecule has 0 fully saturated rings. The van der Waals surface area contributed by atoms with Crippen LogP contribution in [0.2, 0.25) is 5.02 Å². The molecule has 0 aliphatic carbocycles. The van der Waals surface area contributed by atoms with Gasteiger partial charge in [0.25, 0.3) is 0 Å². The molecule has 1 nitrogen and oxygen atoms in total. The fourth-order valence-corrected chi connectivity index (χ4v) is 1.95. The Kier molecular flexibility index (Phi) is 6.61. The van der Waals surface area contributed by atoms with Crippen LogP contribution >= 0.6 is 11.6 Å². The van der Waals surface area contributed by atoms with Crippen molar-refractivity contribution in [2.75, 3.05) is 6.54 Å². The number of benzene rings is 1. The van der Waals surface area contributed by atoms with E-state index in [1.807, 2.05) is 12.1 Å². The molecule has 0 aliphatic rings. The molecule has 1 N–H and O–H groups in total. The van der Waals surface area contributed by atoms with Gasteiger partial charge in [-0.05, 0) is 49.4 Å². The van der Waals surface area contributed by atoms with Crippen molar-refractivity contribution in [3.05, 3.63) is 34.9 Å². The Balaban J connectivity index is 2.19. The van der Waals surface area contributed by atoms with Crippen LogP contribution in [0.15, 0.2) is 24.3 Å². The highest BCUT2D eigenvalue weighted by molar-refractivity contribution is 6.30. The lowest BCUT2D eigenvalue weighted by Crippen LogP contribution is -2.24. The number of aryl methyl sites for hydroxylation is 1. The van der Waals surface area contributed by atoms with Gasteiger partial charge in [-0.3, -0.25) is 0 Å². The van der Waals surface area contributed by atoms with Gasteiger partial charge in [-0.25, -0.2) is 0 Å². The molecule has 2 heteroatoms. The highest BCUT2D eigenvalue weighted by Crippen LogP contribution is 2.15. The summed E-state index contributed by atoms with van der Waals surface area (Å²) in [5, 5.41) is 4.29. The molecule has 0 spiro atoms. The second kappa shape index (κ2) is 7.73. The maximum absolute atomic E-state index is 5.86. The molecule has 0 saturated carbocycles. The van der Waals surface area contributed by atoms with Crippen molar-refractivity contribution in [2.24, 2.45) is 5.92 Å². The van der Waals surface area contributed by atoms with Gasteiger partial charge in [0, 0.05) is 11.1 Å². The Hall–Kier alpha value is -0.530. The van der Waals surface area contributed by atoms with Crippen LogP contribution < -0.4 is 5.32 Å². The largest absolute Gasteiger partial charge is 0.315 e. The smallest absolute Gasteiger partial charge is 0.0406 e. The van der Waals surface area contributed by atoms with Crippen LogP contribution in [0.4, 0.5) is 0 Å². The molecule has 1 atom stereocenters. The van der Waals surface area contributed by atoms with Gasteiger partial charge >= 0.3 is 0 Å². The lowest BCUT2D eigenvalue weighted by Gasteiger charge is -2.13. The molecule has 0 aromatic heterocycles. The lowest BCUT2D eigenvalue weighted by molar-refractivity contribution is 0.454. The third kappa shape index (κ3) is 6.70. The Labute approximate surface area is 111 Å². The Morgan fingerprint density at radius 1 is 1.06 bits per heavy atom. The summed E-state index contributed by atoms with van der Waals surface area (Å²) < 4.78 is 0. The highest BCUT2D eigenvalue weighted by Gasteiger charge is 2.03. The van der Waals surface area contributed by atoms with Crippen LogP contribution in [-0.4, -0.2) is 12.6 Å². The minimum atomic E-state index is 0.596. The molecule has 1 rings (SSSR count). The first-order valence-electron chi connectivity index (χ1n) is 6.55. The van der Waals surface area contributed by atoms with Crippen molar-refractivity contribution in [1.29, 1.82) is 0 Å². The molecule has 1 unspecified atom stereocenters. The zero-order valence-electron chi connectivity index (χ0n) is 11.2. The normalized spacial score (nSPS) is 13.0. The van der Waals surface area contributed by atoms with E-state index in [9.17, 15) is 0 Å². The van der Waals surface area contributed by atoms with Crippen LogP contribution in [0, 0.1) is 5.92 Å². The van der Waals surface area contributed by atoms with Crippen molar-refractivity contribution in [3.8, 4) is 0 Å². The van der Waals surface area contributed by atoms with Gasteiger partial charge in [0.15, 0.2) is 0 Å². The van der Waals surface area contributed by atoms with E-state index < -0.39 is 0 Å². The second-order valence-electron chi connectivity index (χ2n) is 5.17. The van der Waals surface area contributed by atoms with E-state index in [4.69, 9.17) is 11.6 Å². The van der Waals surface area contributed by atoms with Crippen molar-refractivity contribution < 1.29 is 0 Å². The fourth-order valence-electron chi connectivity index (χ4n) is 1.83. The third-order valence-electron chi connectivity index (χ3n) is 3.03. The van der Waals surface area contributed by atoms with E-state index in [2.05, 4.69) is 38.2 Å². The third-order valence-corrected chi connectivity index (χ3v) is 3.28. The van der Waals surface area contributed by atoms with E-state index >= 15 is 0 Å². The molecule has 1 aromatic rings. The molecule has 0 heterocycles. The fraction of sp³-hybridized carbons (Fsp3) is 0.600. The number of hydrogen-bond acceptors (Lipinski definition) is 1. The zero-order chi connectivity index (χ0) is 12.7. The molecule has 0 saturated heterocycles.